The average molecular weight is 755 g/mol. The second kappa shape index (κ2) is 12.8. The second-order valence-corrected chi connectivity index (χ2v) is 14.7. The summed E-state index contributed by atoms with van der Waals surface area (Å²) in [4.78, 5) is 14.7. The highest BCUT2D eigenvalue weighted by Crippen LogP contribution is 2.46. The second-order valence-electron chi connectivity index (χ2n) is 14.7. The SMILES string of the molecule is N#Cc1cc(-c2nc(-c3ccccc3)nc(-c3ccccc3)n2)ccc1-n1c2ccccc2c2c3c(ccc21)oc1ccc2c(c4ccccc4n2-c2ccccc2)c13. The van der Waals surface area contributed by atoms with Crippen LogP contribution in [0.2, 0.25) is 0 Å². The fourth-order valence-electron chi connectivity index (χ4n) is 8.88. The summed E-state index contributed by atoms with van der Waals surface area (Å²) >= 11 is 0. The zero-order chi connectivity index (χ0) is 39.0. The van der Waals surface area contributed by atoms with Crippen LogP contribution in [0.3, 0.4) is 0 Å². The van der Waals surface area contributed by atoms with Crippen LogP contribution in [0.5, 0.6) is 0 Å². The van der Waals surface area contributed by atoms with E-state index in [2.05, 4.69) is 112 Å². The lowest BCUT2D eigenvalue weighted by Crippen LogP contribution is -2.02. The number of para-hydroxylation sites is 3. The van der Waals surface area contributed by atoms with E-state index in [1.165, 1.54) is 0 Å². The van der Waals surface area contributed by atoms with Gasteiger partial charge in [0.25, 0.3) is 0 Å². The average Bonchev–Trinajstić information content (AvgIpc) is 3.97. The van der Waals surface area contributed by atoms with Crippen LogP contribution in [0.25, 0.3) is 111 Å². The maximum atomic E-state index is 10.9. The van der Waals surface area contributed by atoms with Crippen molar-refractivity contribution in [2.75, 3.05) is 0 Å². The van der Waals surface area contributed by atoms with E-state index in [1.54, 1.807) is 0 Å². The van der Waals surface area contributed by atoms with Gasteiger partial charge in [0.2, 0.25) is 0 Å². The molecule has 0 aliphatic heterocycles. The first-order valence-electron chi connectivity index (χ1n) is 19.5. The Morgan fingerprint density at radius 1 is 0.407 bits per heavy atom. The van der Waals surface area contributed by atoms with E-state index in [0.717, 1.165) is 93.6 Å². The fraction of sp³-hybridized carbons (Fsp3) is 0. The molecule has 8 aromatic carbocycles. The number of aromatic nitrogens is 5. The van der Waals surface area contributed by atoms with Gasteiger partial charge in [-0.05, 0) is 66.7 Å². The van der Waals surface area contributed by atoms with Gasteiger partial charge in [0.1, 0.15) is 17.2 Å². The van der Waals surface area contributed by atoms with Crippen LogP contribution in [0.1, 0.15) is 5.56 Å². The van der Waals surface area contributed by atoms with Gasteiger partial charge in [-0.3, -0.25) is 0 Å². The molecule has 0 aliphatic carbocycles. The first kappa shape index (κ1) is 32.9. The van der Waals surface area contributed by atoms with E-state index in [9.17, 15) is 5.26 Å². The minimum Gasteiger partial charge on any atom is -0.456 e. The van der Waals surface area contributed by atoms with Crippen LogP contribution in [0.4, 0.5) is 0 Å². The Labute approximate surface area is 337 Å². The molecule has 59 heavy (non-hydrogen) atoms. The molecular weight excluding hydrogens is 725 g/mol. The highest BCUT2D eigenvalue weighted by molar-refractivity contribution is 6.35. The third-order valence-corrected chi connectivity index (χ3v) is 11.4. The molecule has 0 spiro atoms. The standard InChI is InChI=1S/C52H30N6O/c53-31-35-30-34(52-55-50(32-14-4-1-5-15-32)54-51(56-52)33-16-6-2-7-17-33)24-25-39(35)58-41-23-13-11-21-38(41)47-43(58)27-29-45-49(47)48-44(59-45)28-26-42-46(48)37-20-10-12-22-40(37)57(42)36-18-8-3-9-19-36/h1-30H. The number of benzene rings is 8. The maximum Gasteiger partial charge on any atom is 0.164 e. The summed E-state index contributed by atoms with van der Waals surface area (Å²) in [5, 5.41) is 17.4. The summed E-state index contributed by atoms with van der Waals surface area (Å²) in [7, 11) is 0. The van der Waals surface area contributed by atoms with Gasteiger partial charge in [-0.25, -0.2) is 15.0 Å². The largest absolute Gasteiger partial charge is 0.456 e. The van der Waals surface area contributed by atoms with Gasteiger partial charge in [0, 0.05) is 54.7 Å². The zero-order valence-corrected chi connectivity index (χ0v) is 31.4. The van der Waals surface area contributed by atoms with Crippen LogP contribution in [0.15, 0.2) is 186 Å². The number of rotatable bonds is 5. The van der Waals surface area contributed by atoms with Crippen molar-refractivity contribution in [3.63, 3.8) is 0 Å². The quantitative estimate of drug-likeness (QED) is 0.175. The summed E-state index contributed by atoms with van der Waals surface area (Å²) in [6.07, 6.45) is 0. The lowest BCUT2D eigenvalue weighted by Gasteiger charge is -2.12. The molecule has 0 fully saturated rings. The molecule has 0 aliphatic rings. The summed E-state index contributed by atoms with van der Waals surface area (Å²) in [5.41, 5.74) is 10.7. The van der Waals surface area contributed by atoms with E-state index >= 15 is 0 Å². The van der Waals surface area contributed by atoms with E-state index in [1.807, 2.05) is 84.9 Å². The van der Waals surface area contributed by atoms with Crippen molar-refractivity contribution >= 4 is 65.6 Å². The summed E-state index contributed by atoms with van der Waals surface area (Å²) < 4.78 is 11.2. The molecular formula is C52H30N6O. The van der Waals surface area contributed by atoms with Crippen LogP contribution in [0, 0.1) is 11.3 Å². The van der Waals surface area contributed by atoms with Gasteiger partial charge in [-0.15, -0.1) is 0 Å². The highest BCUT2D eigenvalue weighted by atomic mass is 16.3. The van der Waals surface area contributed by atoms with Crippen molar-refractivity contribution in [1.82, 2.24) is 24.1 Å². The molecule has 0 unspecified atom stereocenters. The summed E-state index contributed by atoms with van der Waals surface area (Å²) in [6, 6.07) is 64.2. The minimum absolute atomic E-state index is 0.494. The molecule has 12 aromatic rings. The van der Waals surface area contributed by atoms with Crippen LogP contribution < -0.4 is 0 Å². The summed E-state index contributed by atoms with van der Waals surface area (Å²) in [5.74, 6) is 1.63. The van der Waals surface area contributed by atoms with Gasteiger partial charge < -0.3 is 13.6 Å². The fourth-order valence-corrected chi connectivity index (χ4v) is 8.88. The molecule has 274 valence electrons. The third-order valence-electron chi connectivity index (χ3n) is 11.4. The third kappa shape index (κ3) is 4.97. The van der Waals surface area contributed by atoms with Crippen molar-refractivity contribution in [3.05, 3.63) is 188 Å². The molecule has 7 nitrogen and oxygen atoms in total. The first-order valence-corrected chi connectivity index (χ1v) is 19.5. The molecule has 12 rings (SSSR count). The molecule has 4 heterocycles. The van der Waals surface area contributed by atoms with Gasteiger partial charge in [0.05, 0.1) is 33.3 Å². The monoisotopic (exact) mass is 754 g/mol. The number of nitriles is 1. The Bertz CT molecular complexity index is 3610. The van der Waals surface area contributed by atoms with Crippen molar-refractivity contribution in [1.29, 1.82) is 5.26 Å². The van der Waals surface area contributed by atoms with Crippen LogP contribution >= 0.6 is 0 Å². The molecule has 0 N–H and O–H groups in total. The Balaban J connectivity index is 1.11. The lowest BCUT2D eigenvalue weighted by atomic mass is 10.0. The van der Waals surface area contributed by atoms with Gasteiger partial charge in [-0.2, -0.15) is 5.26 Å². The van der Waals surface area contributed by atoms with Gasteiger partial charge in [0.15, 0.2) is 17.5 Å². The van der Waals surface area contributed by atoms with Gasteiger partial charge in [-0.1, -0.05) is 115 Å². The Hall–Kier alpha value is -8.34. The number of fused-ring (bicyclic) bond motifs is 11. The predicted octanol–water partition coefficient (Wildman–Crippen LogP) is 12.8. The maximum absolute atomic E-state index is 10.9. The predicted molar refractivity (Wildman–Crippen MR) is 237 cm³/mol. The Morgan fingerprint density at radius 2 is 0.881 bits per heavy atom. The molecule has 0 saturated heterocycles. The van der Waals surface area contributed by atoms with Crippen molar-refractivity contribution in [3.8, 4) is 51.6 Å². The molecule has 7 heteroatoms. The van der Waals surface area contributed by atoms with E-state index in [0.29, 0.717) is 23.0 Å². The lowest BCUT2D eigenvalue weighted by molar-refractivity contribution is 0.669. The molecule has 0 saturated carbocycles. The Morgan fingerprint density at radius 3 is 1.44 bits per heavy atom. The molecule has 0 amide bonds. The number of furan rings is 1. The van der Waals surface area contributed by atoms with E-state index in [-0.39, 0.29) is 0 Å². The van der Waals surface area contributed by atoms with E-state index in [4.69, 9.17) is 19.4 Å². The van der Waals surface area contributed by atoms with Crippen molar-refractivity contribution in [2.24, 2.45) is 0 Å². The van der Waals surface area contributed by atoms with Crippen molar-refractivity contribution in [2.45, 2.75) is 0 Å². The summed E-state index contributed by atoms with van der Waals surface area (Å²) in [6.45, 7) is 0. The first-order chi connectivity index (χ1) is 29.2. The smallest absolute Gasteiger partial charge is 0.164 e. The molecule has 0 radical (unpaired) electrons. The van der Waals surface area contributed by atoms with Crippen LogP contribution in [-0.2, 0) is 0 Å². The zero-order valence-electron chi connectivity index (χ0n) is 31.4. The molecule has 4 aromatic heterocycles. The minimum atomic E-state index is 0.494. The van der Waals surface area contributed by atoms with E-state index < -0.39 is 0 Å². The highest BCUT2D eigenvalue weighted by Gasteiger charge is 2.24. The van der Waals surface area contributed by atoms with Crippen molar-refractivity contribution < 1.29 is 4.42 Å². The normalized spacial score (nSPS) is 11.7. The number of hydrogen-bond donors (Lipinski definition) is 0. The van der Waals surface area contributed by atoms with Crippen LogP contribution in [-0.4, -0.2) is 24.1 Å². The topological polar surface area (TPSA) is 85.5 Å². The molecule has 0 bridgehead atoms. The number of hydrogen-bond acceptors (Lipinski definition) is 5. The Kier molecular flexibility index (Phi) is 7.16. The number of nitrogens with zero attached hydrogens (tertiary/aromatic N) is 6. The van der Waals surface area contributed by atoms with Gasteiger partial charge >= 0.3 is 0 Å². The molecule has 0 atom stereocenters.